The topological polar surface area (TPSA) is 84.9 Å². The second-order valence-electron chi connectivity index (χ2n) is 6.65. The van der Waals surface area contributed by atoms with Crippen molar-refractivity contribution in [2.24, 2.45) is 0 Å². The van der Waals surface area contributed by atoms with Gasteiger partial charge in [-0.1, -0.05) is 0 Å². The quantitative estimate of drug-likeness (QED) is 0.828. The van der Waals surface area contributed by atoms with Gasteiger partial charge >= 0.3 is 0 Å². The summed E-state index contributed by atoms with van der Waals surface area (Å²) in [7, 11) is -0.546. The van der Waals surface area contributed by atoms with Gasteiger partial charge in [0.05, 0.1) is 19.1 Å². The fraction of sp³-hybridized carbons (Fsp3) is 0.350. The summed E-state index contributed by atoms with van der Waals surface area (Å²) in [6.45, 7) is 3.65. The van der Waals surface area contributed by atoms with E-state index >= 15 is 0 Å². The number of carbonyl (C=O) groups is 1. The average molecular weight is 404 g/mol. The van der Waals surface area contributed by atoms with Crippen LogP contribution in [0, 0.1) is 0 Å². The minimum Gasteiger partial charge on any atom is -0.493 e. The zero-order valence-electron chi connectivity index (χ0n) is 16.4. The lowest BCUT2D eigenvalue weighted by Crippen LogP contribution is -2.38. The lowest BCUT2D eigenvalue weighted by Gasteiger charge is -2.34. The maximum absolute atomic E-state index is 13.2. The Morgan fingerprint density at radius 2 is 1.71 bits per heavy atom. The largest absolute Gasteiger partial charge is 0.493 e. The lowest BCUT2D eigenvalue weighted by atomic mass is 9.94. The first kappa shape index (κ1) is 20.2. The molecule has 2 aromatic carbocycles. The van der Waals surface area contributed by atoms with Gasteiger partial charge in [-0.2, -0.15) is 4.31 Å². The lowest BCUT2D eigenvalue weighted by molar-refractivity contribution is -0.114. The molecule has 0 aromatic heterocycles. The minimum atomic E-state index is -3.69. The van der Waals surface area contributed by atoms with Crippen LogP contribution >= 0.6 is 0 Å². The molecular formula is C20H24N2O5S. The fourth-order valence-electron chi connectivity index (χ4n) is 3.50. The molecule has 0 spiro atoms. The first-order valence-electron chi connectivity index (χ1n) is 8.92. The number of rotatable bonds is 5. The Morgan fingerprint density at radius 1 is 1.11 bits per heavy atom. The van der Waals surface area contributed by atoms with Crippen LogP contribution in [0.1, 0.15) is 31.0 Å². The molecule has 0 radical (unpaired) electrons. The van der Waals surface area contributed by atoms with Crippen LogP contribution in [-0.4, -0.2) is 39.4 Å². The van der Waals surface area contributed by atoms with Gasteiger partial charge in [-0.25, -0.2) is 8.42 Å². The van der Waals surface area contributed by atoms with Crippen molar-refractivity contribution in [1.82, 2.24) is 4.31 Å². The van der Waals surface area contributed by atoms with Crippen molar-refractivity contribution < 1.29 is 22.7 Å². The minimum absolute atomic E-state index is 0.192. The highest BCUT2D eigenvalue weighted by Crippen LogP contribution is 2.39. The number of benzene rings is 2. The second-order valence-corrected chi connectivity index (χ2v) is 8.54. The first-order chi connectivity index (χ1) is 13.3. The Balaban J connectivity index is 1.93. The molecule has 1 N–H and O–H groups in total. The summed E-state index contributed by atoms with van der Waals surface area (Å²) in [4.78, 5) is 11.3. The smallest absolute Gasteiger partial charge is 0.243 e. The normalized spacial score (nSPS) is 16.9. The summed E-state index contributed by atoms with van der Waals surface area (Å²) in [6.07, 6.45) is 0.587. The zero-order valence-corrected chi connectivity index (χ0v) is 17.2. The molecular weight excluding hydrogens is 380 g/mol. The standard InChI is InChI=1S/C20H24N2O5S/c1-13-18-12-20(27-4)19(26-3)11-15(18)9-10-22(13)28(24,25)17-7-5-16(6-8-17)21-14(2)23/h5-8,11-13H,9-10H2,1-4H3,(H,21,23)/t13-/m1/s1. The first-order valence-corrected chi connectivity index (χ1v) is 10.4. The van der Waals surface area contributed by atoms with Gasteiger partial charge in [-0.05, 0) is 60.9 Å². The van der Waals surface area contributed by atoms with Crippen LogP contribution in [0.2, 0.25) is 0 Å². The van der Waals surface area contributed by atoms with Gasteiger partial charge in [0, 0.05) is 25.2 Å². The molecule has 1 atom stereocenters. The summed E-state index contributed by atoms with van der Waals surface area (Å²) in [5.74, 6) is 1.01. The molecule has 0 fully saturated rings. The van der Waals surface area contributed by atoms with Crippen LogP contribution in [0.15, 0.2) is 41.3 Å². The van der Waals surface area contributed by atoms with Crippen LogP contribution in [-0.2, 0) is 21.2 Å². The number of anilines is 1. The van der Waals surface area contributed by atoms with Gasteiger partial charge in [0.1, 0.15) is 0 Å². The molecule has 1 aliphatic heterocycles. The Hall–Kier alpha value is -2.58. The van der Waals surface area contributed by atoms with E-state index in [2.05, 4.69) is 5.32 Å². The summed E-state index contributed by atoms with van der Waals surface area (Å²) >= 11 is 0. The molecule has 7 nitrogen and oxygen atoms in total. The molecule has 8 heteroatoms. The van der Waals surface area contributed by atoms with E-state index in [0.717, 1.165) is 11.1 Å². The van der Waals surface area contributed by atoms with E-state index in [1.165, 1.54) is 23.4 Å². The monoisotopic (exact) mass is 404 g/mol. The molecule has 28 heavy (non-hydrogen) atoms. The number of nitrogens with zero attached hydrogens (tertiary/aromatic N) is 1. The van der Waals surface area contributed by atoms with Crippen LogP contribution in [0.5, 0.6) is 11.5 Å². The van der Waals surface area contributed by atoms with E-state index in [-0.39, 0.29) is 16.8 Å². The maximum Gasteiger partial charge on any atom is 0.243 e. The third kappa shape index (κ3) is 3.70. The van der Waals surface area contributed by atoms with Crippen molar-refractivity contribution in [2.75, 3.05) is 26.1 Å². The summed E-state index contributed by atoms with van der Waals surface area (Å²) in [6, 6.07) is 9.62. The fourth-order valence-corrected chi connectivity index (χ4v) is 5.11. The average Bonchev–Trinajstić information content (AvgIpc) is 2.67. The predicted molar refractivity (Wildman–Crippen MR) is 106 cm³/mol. The van der Waals surface area contributed by atoms with Crippen molar-refractivity contribution in [1.29, 1.82) is 0 Å². The van der Waals surface area contributed by atoms with Gasteiger partial charge in [-0.15, -0.1) is 0 Å². The Kier molecular flexibility index (Phi) is 5.62. The Morgan fingerprint density at radius 3 is 2.29 bits per heavy atom. The number of hydrogen-bond donors (Lipinski definition) is 1. The van der Waals surface area contributed by atoms with Crippen molar-refractivity contribution in [3.63, 3.8) is 0 Å². The van der Waals surface area contributed by atoms with Crippen LogP contribution < -0.4 is 14.8 Å². The summed E-state index contributed by atoms with van der Waals surface area (Å²) in [5, 5.41) is 2.64. The molecule has 150 valence electrons. The Labute approximate surface area is 165 Å². The highest BCUT2D eigenvalue weighted by atomic mass is 32.2. The SMILES string of the molecule is COc1cc2c(cc1OC)[C@@H](C)N(S(=O)(=O)c1ccc(NC(C)=O)cc1)CC2. The third-order valence-electron chi connectivity index (χ3n) is 4.91. The van der Waals surface area contributed by atoms with Crippen LogP contribution in [0.25, 0.3) is 0 Å². The van der Waals surface area contributed by atoms with E-state index in [0.29, 0.717) is 30.2 Å². The van der Waals surface area contributed by atoms with E-state index in [4.69, 9.17) is 9.47 Å². The van der Waals surface area contributed by atoms with E-state index in [1.54, 1.807) is 26.4 Å². The molecule has 1 aliphatic rings. The molecule has 0 unspecified atom stereocenters. The number of carbonyl (C=O) groups excluding carboxylic acids is 1. The van der Waals surface area contributed by atoms with E-state index < -0.39 is 10.0 Å². The molecule has 1 amide bonds. The number of ether oxygens (including phenoxy) is 2. The van der Waals surface area contributed by atoms with Crippen molar-refractivity contribution >= 4 is 21.6 Å². The van der Waals surface area contributed by atoms with Gasteiger partial charge in [-0.3, -0.25) is 4.79 Å². The molecule has 2 aromatic rings. The van der Waals surface area contributed by atoms with Gasteiger partial charge < -0.3 is 14.8 Å². The molecule has 0 bridgehead atoms. The second kappa shape index (κ2) is 7.81. The highest BCUT2D eigenvalue weighted by molar-refractivity contribution is 7.89. The number of methoxy groups -OCH3 is 2. The van der Waals surface area contributed by atoms with Crippen molar-refractivity contribution in [3.8, 4) is 11.5 Å². The molecule has 0 saturated heterocycles. The number of sulfonamides is 1. The molecule has 0 saturated carbocycles. The van der Waals surface area contributed by atoms with Crippen LogP contribution in [0.3, 0.4) is 0 Å². The Bertz CT molecular complexity index is 986. The summed E-state index contributed by atoms with van der Waals surface area (Å²) in [5.41, 5.74) is 2.51. The zero-order chi connectivity index (χ0) is 20.5. The predicted octanol–water partition coefficient (Wildman–Crippen LogP) is 2.97. The molecule has 1 heterocycles. The van der Waals surface area contributed by atoms with E-state index in [9.17, 15) is 13.2 Å². The number of amides is 1. The molecule has 0 aliphatic carbocycles. The summed E-state index contributed by atoms with van der Waals surface area (Å²) < 4.78 is 38.6. The number of fused-ring (bicyclic) bond motifs is 1. The number of hydrogen-bond acceptors (Lipinski definition) is 5. The molecule has 3 rings (SSSR count). The third-order valence-corrected chi connectivity index (χ3v) is 6.89. The maximum atomic E-state index is 13.2. The highest BCUT2D eigenvalue weighted by Gasteiger charge is 2.34. The van der Waals surface area contributed by atoms with Crippen LogP contribution in [0.4, 0.5) is 5.69 Å². The van der Waals surface area contributed by atoms with Crippen molar-refractivity contribution in [2.45, 2.75) is 31.2 Å². The van der Waals surface area contributed by atoms with Gasteiger partial charge in [0.25, 0.3) is 0 Å². The van der Waals surface area contributed by atoms with Gasteiger partial charge in [0.15, 0.2) is 11.5 Å². The number of nitrogens with one attached hydrogen (secondary N) is 1. The van der Waals surface area contributed by atoms with Gasteiger partial charge in [0.2, 0.25) is 15.9 Å². The van der Waals surface area contributed by atoms with Crippen molar-refractivity contribution in [3.05, 3.63) is 47.5 Å². The van der Waals surface area contributed by atoms with E-state index in [1.807, 2.05) is 19.1 Å².